The molecule has 1 aromatic heterocycles. The fraction of sp³-hybridized carbons (Fsp3) is 0.846. The second-order valence-electron chi connectivity index (χ2n) is 6.34. The molecule has 100 valence electrons. The minimum atomic E-state index is -0.419. The first-order valence-electron chi connectivity index (χ1n) is 6.84. The van der Waals surface area contributed by atoms with Crippen LogP contribution < -0.4 is 5.73 Å². The van der Waals surface area contributed by atoms with Gasteiger partial charge in [0.25, 0.3) is 0 Å². The predicted molar refractivity (Wildman–Crippen MR) is 68.0 cm³/mol. The minimum Gasteiger partial charge on any atom is -0.375 e. The lowest BCUT2D eigenvalue weighted by molar-refractivity contribution is -0.141. The zero-order valence-corrected chi connectivity index (χ0v) is 11.2. The van der Waals surface area contributed by atoms with Crippen LogP contribution in [0.15, 0.2) is 6.20 Å². The summed E-state index contributed by atoms with van der Waals surface area (Å²) in [7, 11) is 0. The molecule has 0 amide bonds. The number of nitrogens with two attached hydrogens (primary N) is 1. The summed E-state index contributed by atoms with van der Waals surface area (Å²) >= 11 is 0. The van der Waals surface area contributed by atoms with Crippen molar-refractivity contribution >= 4 is 0 Å². The molecule has 1 atom stereocenters. The largest absolute Gasteiger partial charge is 0.375 e. The highest BCUT2D eigenvalue weighted by Crippen LogP contribution is 2.45. The predicted octanol–water partition coefficient (Wildman–Crippen LogP) is 1.75. The summed E-state index contributed by atoms with van der Waals surface area (Å²) in [5.41, 5.74) is 6.63. The van der Waals surface area contributed by atoms with Crippen LogP contribution in [0.3, 0.4) is 0 Å². The van der Waals surface area contributed by atoms with Gasteiger partial charge in [0.2, 0.25) is 0 Å². The molecule has 0 radical (unpaired) electrons. The molecule has 2 heterocycles. The molecule has 1 spiro atoms. The highest BCUT2D eigenvalue weighted by atomic mass is 16.5. The van der Waals surface area contributed by atoms with Crippen LogP contribution in [-0.2, 0) is 10.3 Å². The van der Waals surface area contributed by atoms with Gasteiger partial charge in [-0.2, -0.15) is 0 Å². The van der Waals surface area contributed by atoms with E-state index < -0.39 is 5.54 Å². The zero-order chi connectivity index (χ0) is 12.8. The van der Waals surface area contributed by atoms with Crippen molar-refractivity contribution in [3.05, 3.63) is 11.9 Å². The number of ether oxygens (including phenoxy) is 1. The van der Waals surface area contributed by atoms with E-state index in [1.807, 2.05) is 24.7 Å². The summed E-state index contributed by atoms with van der Waals surface area (Å²) in [4.78, 5) is 0. The normalized spacial score (nSPS) is 27.2. The number of nitrogens with zero attached hydrogens (tertiary/aromatic N) is 3. The van der Waals surface area contributed by atoms with Crippen LogP contribution in [0.25, 0.3) is 0 Å². The summed E-state index contributed by atoms with van der Waals surface area (Å²) in [5.74, 6) is 0. The van der Waals surface area contributed by atoms with E-state index in [1.54, 1.807) is 0 Å². The number of hydrogen-bond acceptors (Lipinski definition) is 4. The summed E-state index contributed by atoms with van der Waals surface area (Å²) in [6.45, 7) is 4.75. The fourth-order valence-electron chi connectivity index (χ4n) is 2.90. The van der Waals surface area contributed by atoms with Gasteiger partial charge in [-0.3, -0.25) is 0 Å². The van der Waals surface area contributed by atoms with Crippen LogP contribution in [0.1, 0.15) is 57.7 Å². The lowest BCUT2D eigenvalue weighted by Crippen LogP contribution is -2.46. The third-order valence-electron chi connectivity index (χ3n) is 4.28. The Bertz CT molecular complexity index is 430. The maximum atomic E-state index is 6.05. The summed E-state index contributed by atoms with van der Waals surface area (Å²) in [6.07, 6.45) is 7.80. The molecule has 5 heteroatoms. The first-order chi connectivity index (χ1) is 8.49. The second-order valence-corrected chi connectivity index (χ2v) is 6.34. The van der Waals surface area contributed by atoms with E-state index >= 15 is 0 Å². The molecule has 2 fully saturated rings. The molecular weight excluding hydrogens is 228 g/mol. The number of rotatable bonds is 2. The van der Waals surface area contributed by atoms with E-state index in [0.29, 0.717) is 6.04 Å². The topological polar surface area (TPSA) is 66.0 Å². The summed E-state index contributed by atoms with van der Waals surface area (Å²) < 4.78 is 7.93. The molecule has 1 aliphatic carbocycles. The Kier molecular flexibility index (Phi) is 2.71. The third kappa shape index (κ3) is 2.06. The molecule has 2 N–H and O–H groups in total. The molecule has 2 aliphatic rings. The molecule has 1 unspecified atom stereocenters. The summed E-state index contributed by atoms with van der Waals surface area (Å²) in [6, 6.07) is 0.419. The van der Waals surface area contributed by atoms with E-state index in [4.69, 9.17) is 10.5 Å². The van der Waals surface area contributed by atoms with Gasteiger partial charge in [-0.15, -0.1) is 5.10 Å². The van der Waals surface area contributed by atoms with Crippen molar-refractivity contribution in [2.75, 3.05) is 6.61 Å². The van der Waals surface area contributed by atoms with Crippen LogP contribution >= 0.6 is 0 Å². The van der Waals surface area contributed by atoms with Crippen LogP contribution in [0.5, 0.6) is 0 Å². The van der Waals surface area contributed by atoms with Crippen molar-refractivity contribution in [3.63, 3.8) is 0 Å². The quantitative estimate of drug-likeness (QED) is 0.868. The van der Waals surface area contributed by atoms with Gasteiger partial charge in [0, 0.05) is 6.61 Å². The average Bonchev–Trinajstić information content (AvgIpc) is 2.76. The van der Waals surface area contributed by atoms with Crippen LogP contribution in [0, 0.1) is 0 Å². The zero-order valence-electron chi connectivity index (χ0n) is 11.2. The van der Waals surface area contributed by atoms with Crippen LogP contribution in [-0.4, -0.2) is 27.2 Å². The van der Waals surface area contributed by atoms with Gasteiger partial charge in [-0.05, 0) is 46.0 Å². The van der Waals surface area contributed by atoms with Crippen molar-refractivity contribution in [2.24, 2.45) is 5.73 Å². The molecule has 5 nitrogen and oxygen atoms in total. The van der Waals surface area contributed by atoms with Crippen LogP contribution in [0.2, 0.25) is 0 Å². The Morgan fingerprint density at radius 3 is 2.83 bits per heavy atom. The Morgan fingerprint density at radius 2 is 2.28 bits per heavy atom. The van der Waals surface area contributed by atoms with Crippen molar-refractivity contribution in [1.29, 1.82) is 0 Å². The SMILES string of the molecule is CC(C)(N)c1cn(C2CCOC3(CCC3)C2)nn1. The third-order valence-corrected chi connectivity index (χ3v) is 4.28. The molecule has 18 heavy (non-hydrogen) atoms. The van der Waals surface area contributed by atoms with Crippen LogP contribution in [0.4, 0.5) is 0 Å². The van der Waals surface area contributed by atoms with Crippen molar-refractivity contribution in [3.8, 4) is 0 Å². The molecular formula is C13H22N4O. The fourth-order valence-corrected chi connectivity index (χ4v) is 2.90. The highest BCUT2D eigenvalue weighted by Gasteiger charge is 2.43. The second kappa shape index (κ2) is 4.03. The van der Waals surface area contributed by atoms with Gasteiger partial charge in [0.05, 0.1) is 23.4 Å². The molecule has 3 rings (SSSR count). The van der Waals surface area contributed by atoms with Crippen molar-refractivity contribution in [1.82, 2.24) is 15.0 Å². The molecule has 1 aromatic rings. The first-order valence-corrected chi connectivity index (χ1v) is 6.84. The smallest absolute Gasteiger partial charge is 0.102 e. The van der Waals surface area contributed by atoms with E-state index in [-0.39, 0.29) is 5.60 Å². The Labute approximate surface area is 108 Å². The van der Waals surface area contributed by atoms with Gasteiger partial charge < -0.3 is 10.5 Å². The van der Waals surface area contributed by atoms with E-state index in [1.165, 1.54) is 19.3 Å². The lowest BCUT2D eigenvalue weighted by Gasteiger charge is -2.47. The van der Waals surface area contributed by atoms with Crippen molar-refractivity contribution < 1.29 is 4.74 Å². The summed E-state index contributed by atoms with van der Waals surface area (Å²) in [5, 5.41) is 8.46. The molecule has 1 aliphatic heterocycles. The monoisotopic (exact) mass is 250 g/mol. The van der Waals surface area contributed by atoms with Gasteiger partial charge in [0.15, 0.2) is 0 Å². The minimum absolute atomic E-state index is 0.146. The maximum Gasteiger partial charge on any atom is 0.102 e. The number of aromatic nitrogens is 3. The molecule has 1 saturated heterocycles. The average molecular weight is 250 g/mol. The molecule has 1 saturated carbocycles. The van der Waals surface area contributed by atoms with Gasteiger partial charge in [-0.25, -0.2) is 4.68 Å². The Morgan fingerprint density at radius 1 is 1.50 bits per heavy atom. The Hall–Kier alpha value is -0.940. The van der Waals surface area contributed by atoms with Gasteiger partial charge >= 0.3 is 0 Å². The number of hydrogen-bond donors (Lipinski definition) is 1. The molecule has 0 bridgehead atoms. The van der Waals surface area contributed by atoms with Gasteiger partial charge in [0.1, 0.15) is 5.69 Å². The first kappa shape index (κ1) is 12.1. The lowest BCUT2D eigenvalue weighted by atomic mass is 9.74. The highest BCUT2D eigenvalue weighted by molar-refractivity contribution is 5.06. The molecule has 0 aromatic carbocycles. The Balaban J connectivity index is 1.76. The standard InChI is InChI=1S/C13H22N4O/c1-12(2,14)11-9-17(16-15-11)10-4-7-18-13(8-10)5-3-6-13/h9-10H,3-8,14H2,1-2H3. The van der Waals surface area contributed by atoms with Crippen molar-refractivity contribution in [2.45, 2.75) is 63.1 Å². The van der Waals surface area contributed by atoms with E-state index in [0.717, 1.165) is 25.1 Å². The van der Waals surface area contributed by atoms with Gasteiger partial charge in [-0.1, -0.05) is 5.21 Å². The van der Waals surface area contributed by atoms with E-state index in [9.17, 15) is 0 Å². The van der Waals surface area contributed by atoms with E-state index in [2.05, 4.69) is 10.3 Å². The maximum absolute atomic E-state index is 6.05.